The summed E-state index contributed by atoms with van der Waals surface area (Å²) in [6.45, 7) is 2.12. The monoisotopic (exact) mass is 121 g/mol. The zero-order chi connectivity index (χ0) is 6.69. The highest BCUT2D eigenvalue weighted by Crippen LogP contribution is 2.08. The van der Waals surface area contributed by atoms with Gasteiger partial charge in [0.1, 0.15) is 0 Å². The summed E-state index contributed by atoms with van der Waals surface area (Å²) in [4.78, 5) is 0. The van der Waals surface area contributed by atoms with Crippen molar-refractivity contribution in [2.24, 2.45) is 5.92 Å². The first-order valence-corrected chi connectivity index (χ1v) is 3.21. The van der Waals surface area contributed by atoms with Crippen LogP contribution in [-0.4, -0.2) is 5.71 Å². The van der Waals surface area contributed by atoms with Gasteiger partial charge >= 0.3 is 0 Å². The summed E-state index contributed by atoms with van der Waals surface area (Å²) in [7, 11) is 0. The molecule has 9 heavy (non-hydrogen) atoms. The van der Waals surface area contributed by atoms with Crippen LogP contribution in [-0.2, 0) is 0 Å². The van der Waals surface area contributed by atoms with E-state index in [1.807, 2.05) is 18.2 Å². The lowest BCUT2D eigenvalue weighted by Crippen LogP contribution is -1.96. The third-order valence-corrected chi connectivity index (χ3v) is 1.39. The van der Waals surface area contributed by atoms with Crippen LogP contribution in [0.3, 0.4) is 0 Å². The molecule has 1 nitrogen and oxygen atoms in total. The second kappa shape index (κ2) is 2.62. The minimum absolute atomic E-state index is 0.535. The minimum atomic E-state index is 0.535. The maximum atomic E-state index is 7.33. The summed E-state index contributed by atoms with van der Waals surface area (Å²) in [5.41, 5.74) is 0.729. The number of nitrogens with one attached hydrogen (secondary N) is 1. The van der Waals surface area contributed by atoms with Gasteiger partial charge in [-0.25, -0.2) is 0 Å². The fourth-order valence-electron chi connectivity index (χ4n) is 0.909. The van der Waals surface area contributed by atoms with Gasteiger partial charge in [-0.2, -0.15) is 0 Å². The summed E-state index contributed by atoms with van der Waals surface area (Å²) in [6.07, 6.45) is 8.78. The second-order valence-corrected chi connectivity index (χ2v) is 2.45. The Morgan fingerprint density at radius 3 is 3.11 bits per heavy atom. The Kier molecular flexibility index (Phi) is 1.83. The molecule has 1 aliphatic rings. The van der Waals surface area contributed by atoms with Crippen LogP contribution >= 0.6 is 0 Å². The van der Waals surface area contributed by atoms with Crippen molar-refractivity contribution in [3.63, 3.8) is 0 Å². The highest BCUT2D eigenvalue weighted by molar-refractivity contribution is 5.93. The first-order chi connectivity index (χ1) is 4.29. The van der Waals surface area contributed by atoms with Gasteiger partial charge in [0.15, 0.2) is 0 Å². The molecule has 1 unspecified atom stereocenters. The van der Waals surface area contributed by atoms with Crippen LogP contribution in [0, 0.1) is 11.3 Å². The normalized spacial score (nSPS) is 26.3. The Labute approximate surface area is 55.6 Å². The molecular weight excluding hydrogens is 110 g/mol. The lowest BCUT2D eigenvalue weighted by molar-refractivity contribution is 0.770. The van der Waals surface area contributed by atoms with Gasteiger partial charge in [-0.15, -0.1) is 0 Å². The van der Waals surface area contributed by atoms with Gasteiger partial charge < -0.3 is 5.41 Å². The van der Waals surface area contributed by atoms with E-state index in [1.54, 1.807) is 0 Å². The molecule has 1 atom stereocenters. The molecule has 0 aromatic carbocycles. The van der Waals surface area contributed by atoms with Crippen LogP contribution < -0.4 is 0 Å². The van der Waals surface area contributed by atoms with Crippen LogP contribution in [0.4, 0.5) is 0 Å². The topological polar surface area (TPSA) is 23.9 Å². The van der Waals surface area contributed by atoms with Crippen LogP contribution in [0.2, 0.25) is 0 Å². The fraction of sp³-hybridized carbons (Fsp3) is 0.375. The highest BCUT2D eigenvalue weighted by atomic mass is 14.4. The summed E-state index contributed by atoms with van der Waals surface area (Å²) in [6, 6.07) is 0. The molecule has 0 heterocycles. The lowest BCUT2D eigenvalue weighted by Gasteiger charge is -1.99. The first-order valence-electron chi connectivity index (χ1n) is 3.21. The van der Waals surface area contributed by atoms with E-state index < -0.39 is 0 Å². The van der Waals surface area contributed by atoms with Crippen molar-refractivity contribution < 1.29 is 0 Å². The van der Waals surface area contributed by atoms with Crippen molar-refractivity contribution in [1.29, 1.82) is 5.41 Å². The molecule has 0 fully saturated rings. The van der Waals surface area contributed by atoms with Crippen molar-refractivity contribution in [2.45, 2.75) is 13.3 Å². The Morgan fingerprint density at radius 2 is 2.33 bits per heavy atom. The fourth-order valence-corrected chi connectivity index (χ4v) is 0.909. The van der Waals surface area contributed by atoms with E-state index in [-0.39, 0.29) is 0 Å². The van der Waals surface area contributed by atoms with Crippen molar-refractivity contribution in [3.8, 4) is 0 Å². The average Bonchev–Trinajstić information content (AvgIpc) is 1.93. The lowest BCUT2D eigenvalue weighted by atomic mass is 10.1. The molecule has 1 N–H and O–H groups in total. The molecule has 0 aromatic rings. The van der Waals surface area contributed by atoms with Gasteiger partial charge in [0.2, 0.25) is 0 Å². The highest BCUT2D eigenvalue weighted by Gasteiger charge is 2.00. The van der Waals surface area contributed by atoms with Crippen LogP contribution in [0.1, 0.15) is 13.3 Å². The zero-order valence-corrected chi connectivity index (χ0v) is 5.59. The summed E-state index contributed by atoms with van der Waals surface area (Å²) in [5, 5.41) is 7.33. The molecule has 0 saturated carbocycles. The van der Waals surface area contributed by atoms with Crippen LogP contribution in [0.25, 0.3) is 0 Å². The van der Waals surface area contributed by atoms with E-state index in [2.05, 4.69) is 13.0 Å². The third-order valence-electron chi connectivity index (χ3n) is 1.39. The molecule has 0 spiro atoms. The molecule has 1 rings (SSSR count). The predicted octanol–water partition coefficient (Wildman–Crippen LogP) is 2.16. The van der Waals surface area contributed by atoms with Crippen molar-refractivity contribution >= 4 is 5.71 Å². The number of rotatable bonds is 0. The molecule has 48 valence electrons. The van der Waals surface area contributed by atoms with E-state index in [0.717, 1.165) is 12.1 Å². The molecular formula is C8H11N. The number of hydrogen-bond donors (Lipinski definition) is 1. The second-order valence-electron chi connectivity index (χ2n) is 2.45. The van der Waals surface area contributed by atoms with Crippen molar-refractivity contribution in [2.75, 3.05) is 0 Å². The largest absolute Gasteiger partial charge is 0.305 e. The maximum Gasteiger partial charge on any atom is 0.0319 e. The minimum Gasteiger partial charge on any atom is -0.305 e. The SMILES string of the molecule is CC1C=CC=CC(=N)C1. The van der Waals surface area contributed by atoms with Gasteiger partial charge in [-0.1, -0.05) is 25.2 Å². The van der Waals surface area contributed by atoms with Gasteiger partial charge in [-0.05, 0) is 18.4 Å². The average molecular weight is 121 g/mol. The third kappa shape index (κ3) is 1.84. The van der Waals surface area contributed by atoms with E-state index in [0.29, 0.717) is 5.92 Å². The standard InChI is InChI=1S/C8H11N/c1-7-4-2-3-5-8(9)6-7/h2-5,7,9H,6H2,1H3. The number of hydrogen-bond acceptors (Lipinski definition) is 1. The van der Waals surface area contributed by atoms with Gasteiger partial charge in [0.25, 0.3) is 0 Å². The van der Waals surface area contributed by atoms with Crippen molar-refractivity contribution in [3.05, 3.63) is 24.3 Å². The quantitative estimate of drug-likeness (QED) is 0.507. The Hall–Kier alpha value is -0.850. The predicted molar refractivity (Wildman–Crippen MR) is 39.8 cm³/mol. The zero-order valence-electron chi connectivity index (χ0n) is 5.59. The van der Waals surface area contributed by atoms with E-state index >= 15 is 0 Å². The molecule has 0 aromatic heterocycles. The van der Waals surface area contributed by atoms with Crippen molar-refractivity contribution in [1.82, 2.24) is 0 Å². The summed E-state index contributed by atoms with van der Waals surface area (Å²) >= 11 is 0. The molecule has 0 radical (unpaired) electrons. The van der Waals surface area contributed by atoms with Gasteiger partial charge in [0.05, 0.1) is 0 Å². The van der Waals surface area contributed by atoms with Gasteiger partial charge in [-0.3, -0.25) is 0 Å². The summed E-state index contributed by atoms with van der Waals surface area (Å²) < 4.78 is 0. The Morgan fingerprint density at radius 1 is 1.56 bits per heavy atom. The molecule has 0 saturated heterocycles. The van der Waals surface area contributed by atoms with E-state index in [9.17, 15) is 0 Å². The summed E-state index contributed by atoms with van der Waals surface area (Å²) in [5.74, 6) is 0.535. The molecule has 1 aliphatic carbocycles. The van der Waals surface area contributed by atoms with Gasteiger partial charge in [0, 0.05) is 5.71 Å². The smallest absolute Gasteiger partial charge is 0.0319 e. The number of allylic oxidation sites excluding steroid dienone is 4. The Balaban J connectivity index is 2.64. The molecule has 1 heteroatoms. The van der Waals surface area contributed by atoms with Crippen LogP contribution in [0.15, 0.2) is 24.3 Å². The molecule has 0 aliphatic heterocycles. The van der Waals surface area contributed by atoms with Crippen LogP contribution in [0.5, 0.6) is 0 Å². The Bertz CT molecular complexity index is 165. The van der Waals surface area contributed by atoms with E-state index in [4.69, 9.17) is 5.41 Å². The first kappa shape index (κ1) is 6.27. The maximum absolute atomic E-state index is 7.33. The molecule has 0 bridgehead atoms. The molecule has 0 amide bonds. The van der Waals surface area contributed by atoms with E-state index in [1.165, 1.54) is 0 Å².